The molecule has 4 rings (SSSR count). The lowest BCUT2D eigenvalue weighted by Gasteiger charge is -2.17. The highest BCUT2D eigenvalue weighted by atomic mass is 16.2. The molecule has 4 aromatic rings. The average molecular weight is 529 g/mol. The van der Waals surface area contributed by atoms with E-state index in [0.717, 1.165) is 35.1 Å². The number of unbranched alkanes of at least 4 members (excludes halogenated alkanes) is 1. The molecule has 0 aliphatic carbocycles. The van der Waals surface area contributed by atoms with Gasteiger partial charge < -0.3 is 20.1 Å². The van der Waals surface area contributed by atoms with Gasteiger partial charge in [0.15, 0.2) is 5.82 Å². The third-order valence-corrected chi connectivity index (χ3v) is 6.26. The van der Waals surface area contributed by atoms with Crippen LogP contribution in [0.1, 0.15) is 31.7 Å². The van der Waals surface area contributed by atoms with Gasteiger partial charge in [0.2, 0.25) is 11.8 Å². The second-order valence-electron chi connectivity index (χ2n) is 9.32. The highest BCUT2D eigenvalue weighted by Crippen LogP contribution is 2.30. The van der Waals surface area contributed by atoms with Gasteiger partial charge in [-0.25, -0.2) is 5.10 Å². The molecule has 11 nitrogen and oxygen atoms in total. The average Bonchev–Trinajstić information content (AvgIpc) is 3.48. The number of rotatable bonds is 11. The second kappa shape index (κ2) is 12.6. The van der Waals surface area contributed by atoms with Crippen molar-refractivity contribution in [2.45, 2.75) is 39.3 Å². The van der Waals surface area contributed by atoms with E-state index in [1.165, 1.54) is 15.7 Å². The Balaban J connectivity index is 1.56. The zero-order chi connectivity index (χ0) is 27.8. The van der Waals surface area contributed by atoms with Crippen LogP contribution in [0.25, 0.3) is 22.5 Å². The number of hydrogen-bond donors (Lipinski definition) is 3. The van der Waals surface area contributed by atoms with Gasteiger partial charge in [-0.05, 0) is 39.6 Å². The summed E-state index contributed by atoms with van der Waals surface area (Å²) in [7, 11) is 3.28. The monoisotopic (exact) mass is 528 g/mol. The van der Waals surface area contributed by atoms with Crippen molar-refractivity contribution in [3.05, 3.63) is 76.7 Å². The van der Waals surface area contributed by atoms with Gasteiger partial charge in [0, 0.05) is 38.8 Å². The maximum Gasteiger partial charge on any atom is 0.276 e. The SMILES string of the molecule is CCCCC(=O)Nc1ccn(CC(=O)N(C)C)c(=O)c1NCc1ccc(-c2ccccc2-c2nnn[nH]2)cc1. The van der Waals surface area contributed by atoms with E-state index in [1.807, 2.05) is 55.5 Å². The minimum Gasteiger partial charge on any atom is -0.375 e. The quantitative estimate of drug-likeness (QED) is 0.271. The van der Waals surface area contributed by atoms with Crippen molar-refractivity contribution in [3.63, 3.8) is 0 Å². The Morgan fingerprint density at radius 3 is 2.44 bits per heavy atom. The van der Waals surface area contributed by atoms with Gasteiger partial charge in [0.25, 0.3) is 5.56 Å². The molecule has 0 saturated carbocycles. The zero-order valence-corrected chi connectivity index (χ0v) is 22.3. The van der Waals surface area contributed by atoms with E-state index < -0.39 is 0 Å². The molecule has 0 fully saturated rings. The largest absolute Gasteiger partial charge is 0.375 e. The number of benzene rings is 2. The van der Waals surface area contributed by atoms with E-state index >= 15 is 0 Å². The van der Waals surface area contributed by atoms with Crippen LogP contribution in [0, 0.1) is 0 Å². The molecule has 0 saturated heterocycles. The molecule has 0 aliphatic heterocycles. The van der Waals surface area contributed by atoms with Crippen molar-refractivity contribution in [1.29, 1.82) is 0 Å². The van der Waals surface area contributed by atoms with E-state index in [9.17, 15) is 14.4 Å². The van der Waals surface area contributed by atoms with E-state index in [1.54, 1.807) is 20.2 Å². The van der Waals surface area contributed by atoms with Crippen LogP contribution in [0.3, 0.4) is 0 Å². The number of carbonyl (C=O) groups is 2. The topological polar surface area (TPSA) is 138 Å². The molecule has 39 heavy (non-hydrogen) atoms. The molecule has 11 heteroatoms. The van der Waals surface area contributed by atoms with E-state index in [4.69, 9.17) is 0 Å². The molecular weight excluding hydrogens is 496 g/mol. The van der Waals surface area contributed by atoms with Gasteiger partial charge >= 0.3 is 0 Å². The number of carbonyl (C=O) groups excluding carboxylic acids is 2. The first-order valence-electron chi connectivity index (χ1n) is 12.8. The summed E-state index contributed by atoms with van der Waals surface area (Å²) in [4.78, 5) is 39.4. The number of nitrogens with zero attached hydrogens (tertiary/aromatic N) is 5. The van der Waals surface area contributed by atoms with E-state index in [0.29, 0.717) is 24.5 Å². The number of hydrogen-bond acceptors (Lipinski definition) is 7. The van der Waals surface area contributed by atoms with Crippen molar-refractivity contribution in [3.8, 4) is 22.5 Å². The Hall–Kier alpha value is -4.80. The fraction of sp³-hybridized carbons (Fsp3) is 0.286. The van der Waals surface area contributed by atoms with Gasteiger partial charge in [-0.2, -0.15) is 0 Å². The number of aromatic amines is 1. The molecule has 2 amide bonds. The van der Waals surface area contributed by atoms with Gasteiger partial charge in [0.1, 0.15) is 12.2 Å². The summed E-state index contributed by atoms with van der Waals surface area (Å²) >= 11 is 0. The molecule has 2 aromatic heterocycles. The van der Waals surface area contributed by atoms with Crippen LogP contribution in [0.15, 0.2) is 65.6 Å². The standard InChI is InChI=1S/C28H32N8O3/c1-4-5-10-24(37)30-23-15-16-36(18-25(38)35(2)3)28(39)26(23)29-17-19-11-13-20(14-12-19)21-8-6-7-9-22(21)27-31-33-34-32-27/h6-9,11-16,29H,4-5,10,17-18H2,1-3H3,(H,30,37)(H,31,32,33,34). The predicted octanol–water partition coefficient (Wildman–Crippen LogP) is 3.52. The lowest BCUT2D eigenvalue weighted by Crippen LogP contribution is -2.33. The van der Waals surface area contributed by atoms with Crippen LogP contribution in [-0.2, 0) is 22.7 Å². The van der Waals surface area contributed by atoms with Gasteiger partial charge in [-0.1, -0.05) is 61.9 Å². The molecule has 2 heterocycles. The Labute approximate surface area is 226 Å². The van der Waals surface area contributed by atoms with Crippen molar-refractivity contribution < 1.29 is 9.59 Å². The smallest absolute Gasteiger partial charge is 0.276 e. The maximum absolute atomic E-state index is 13.3. The van der Waals surface area contributed by atoms with Gasteiger partial charge in [-0.15, -0.1) is 5.10 Å². The number of nitrogens with one attached hydrogen (secondary N) is 3. The minimum atomic E-state index is -0.385. The number of tetrazole rings is 1. The molecule has 0 aliphatic rings. The highest BCUT2D eigenvalue weighted by Gasteiger charge is 2.15. The summed E-state index contributed by atoms with van der Waals surface area (Å²) in [6, 6.07) is 17.4. The first-order valence-corrected chi connectivity index (χ1v) is 12.8. The van der Waals surface area contributed by atoms with Crippen molar-refractivity contribution >= 4 is 23.2 Å². The van der Waals surface area contributed by atoms with Gasteiger partial charge in [-0.3, -0.25) is 14.4 Å². The minimum absolute atomic E-state index is 0.0978. The zero-order valence-electron chi connectivity index (χ0n) is 22.3. The Morgan fingerprint density at radius 1 is 1.03 bits per heavy atom. The lowest BCUT2D eigenvalue weighted by molar-refractivity contribution is -0.129. The van der Waals surface area contributed by atoms with Crippen LogP contribution in [0.5, 0.6) is 0 Å². The predicted molar refractivity (Wildman–Crippen MR) is 150 cm³/mol. The first-order chi connectivity index (χ1) is 18.9. The molecule has 3 N–H and O–H groups in total. The summed E-state index contributed by atoms with van der Waals surface area (Å²) in [6.07, 6.45) is 3.54. The fourth-order valence-electron chi connectivity index (χ4n) is 4.02. The number of amides is 2. The summed E-state index contributed by atoms with van der Waals surface area (Å²) in [5.74, 6) is 0.212. The number of aromatic nitrogens is 5. The third-order valence-electron chi connectivity index (χ3n) is 6.26. The normalized spacial score (nSPS) is 10.7. The van der Waals surface area contributed by atoms with Crippen molar-refractivity contribution in [2.75, 3.05) is 24.7 Å². The number of likely N-dealkylation sites (N-methyl/N-ethyl adjacent to an activating group) is 1. The number of anilines is 2. The highest BCUT2D eigenvalue weighted by molar-refractivity contribution is 5.94. The van der Waals surface area contributed by atoms with E-state index in [2.05, 4.69) is 31.3 Å². The molecule has 0 radical (unpaired) electrons. The fourth-order valence-corrected chi connectivity index (χ4v) is 4.02. The molecule has 202 valence electrons. The molecular formula is C28H32N8O3. The molecule has 0 bridgehead atoms. The molecule has 2 aromatic carbocycles. The van der Waals surface area contributed by atoms with Gasteiger partial charge in [0.05, 0.1) is 5.69 Å². The molecule has 0 atom stereocenters. The lowest BCUT2D eigenvalue weighted by atomic mass is 9.98. The third kappa shape index (κ3) is 6.75. The van der Waals surface area contributed by atoms with Crippen LogP contribution >= 0.6 is 0 Å². The van der Waals surface area contributed by atoms with Crippen LogP contribution < -0.4 is 16.2 Å². The Bertz CT molecular complexity index is 1480. The second-order valence-corrected chi connectivity index (χ2v) is 9.32. The number of H-pyrrole nitrogens is 1. The molecule has 0 unspecified atom stereocenters. The van der Waals surface area contributed by atoms with Crippen LogP contribution in [-0.4, -0.2) is 56.0 Å². The van der Waals surface area contributed by atoms with E-state index in [-0.39, 0.29) is 29.6 Å². The summed E-state index contributed by atoms with van der Waals surface area (Å²) in [5.41, 5.74) is 4.02. The summed E-state index contributed by atoms with van der Waals surface area (Å²) in [6.45, 7) is 2.25. The summed E-state index contributed by atoms with van der Waals surface area (Å²) in [5, 5.41) is 20.2. The first kappa shape index (κ1) is 27.2. The molecule has 0 spiro atoms. The van der Waals surface area contributed by atoms with Crippen molar-refractivity contribution in [2.24, 2.45) is 0 Å². The maximum atomic E-state index is 13.3. The van der Waals surface area contributed by atoms with Crippen molar-refractivity contribution in [1.82, 2.24) is 30.1 Å². The van der Waals surface area contributed by atoms with Crippen LogP contribution in [0.2, 0.25) is 0 Å². The Kier molecular flexibility index (Phi) is 8.82. The number of pyridine rings is 1. The van der Waals surface area contributed by atoms with Crippen LogP contribution in [0.4, 0.5) is 11.4 Å². The summed E-state index contributed by atoms with van der Waals surface area (Å²) < 4.78 is 1.34. The Morgan fingerprint density at radius 2 is 1.77 bits per heavy atom.